The van der Waals surface area contributed by atoms with E-state index in [-0.39, 0.29) is 6.10 Å². The monoisotopic (exact) mass is 272 g/mol. The molecule has 0 radical (unpaired) electrons. The van der Waals surface area contributed by atoms with Crippen LogP contribution in [0.25, 0.3) is 0 Å². The number of hydrogen-bond donors (Lipinski definition) is 2. The fourth-order valence-corrected chi connectivity index (χ4v) is 3.94. The van der Waals surface area contributed by atoms with E-state index in [0.717, 1.165) is 32.1 Å². The Morgan fingerprint density at radius 3 is 2.75 bits per heavy atom. The molecule has 0 amide bonds. The number of rotatable bonds is 4. The number of aliphatic hydroxyl groups is 1. The molecule has 3 aliphatic rings. The van der Waals surface area contributed by atoms with E-state index in [9.17, 15) is 5.11 Å². The first-order valence-corrected chi connectivity index (χ1v) is 8.05. The molecule has 3 fully saturated rings. The molecule has 0 aromatic heterocycles. The molecule has 0 bridgehead atoms. The minimum atomic E-state index is -0.0678. The number of benzene rings is 1. The van der Waals surface area contributed by atoms with Crippen molar-refractivity contribution < 1.29 is 5.11 Å². The van der Waals surface area contributed by atoms with Gasteiger partial charge in [0.1, 0.15) is 0 Å². The lowest BCUT2D eigenvalue weighted by Crippen LogP contribution is -2.26. The predicted octanol–water partition coefficient (Wildman–Crippen LogP) is 2.15. The van der Waals surface area contributed by atoms with Crippen molar-refractivity contribution in [2.24, 2.45) is 11.8 Å². The first-order chi connectivity index (χ1) is 9.81. The van der Waals surface area contributed by atoms with E-state index < -0.39 is 0 Å². The summed E-state index contributed by atoms with van der Waals surface area (Å²) < 4.78 is 0. The lowest BCUT2D eigenvalue weighted by molar-refractivity contribution is 0.133. The van der Waals surface area contributed by atoms with Gasteiger partial charge >= 0.3 is 0 Å². The Balaban J connectivity index is 1.50. The molecular formula is C17H24N2O. The van der Waals surface area contributed by atoms with Gasteiger partial charge in [-0.1, -0.05) is 18.2 Å². The van der Waals surface area contributed by atoms with Crippen LogP contribution in [0, 0.1) is 11.8 Å². The summed E-state index contributed by atoms with van der Waals surface area (Å²) in [5.74, 6) is 1.20. The molecule has 4 rings (SSSR count). The van der Waals surface area contributed by atoms with Gasteiger partial charge in [0.15, 0.2) is 0 Å². The van der Waals surface area contributed by atoms with E-state index in [0.29, 0.717) is 11.8 Å². The molecule has 1 saturated heterocycles. The Labute approximate surface area is 121 Å². The molecule has 0 spiro atoms. The highest BCUT2D eigenvalue weighted by atomic mass is 16.3. The van der Waals surface area contributed by atoms with Gasteiger partial charge in [0.2, 0.25) is 0 Å². The Bertz CT molecular complexity index is 486. The number of fused-ring (bicyclic) bond motifs is 1. The first kappa shape index (κ1) is 12.7. The normalized spacial score (nSPS) is 32.6. The summed E-state index contributed by atoms with van der Waals surface area (Å²) in [6.07, 6.45) is 4.81. The van der Waals surface area contributed by atoms with Crippen LogP contribution in [0.15, 0.2) is 24.3 Å². The van der Waals surface area contributed by atoms with Crippen molar-refractivity contribution in [3.63, 3.8) is 0 Å². The fraction of sp³-hybridized carbons (Fsp3) is 0.647. The smallest absolute Gasteiger partial charge is 0.0588 e. The lowest BCUT2D eigenvalue weighted by atomic mass is 10.00. The molecule has 1 aromatic carbocycles. The van der Waals surface area contributed by atoms with Crippen LogP contribution >= 0.6 is 0 Å². The summed E-state index contributed by atoms with van der Waals surface area (Å²) in [5, 5.41) is 13.7. The van der Waals surface area contributed by atoms with Crippen molar-refractivity contribution in [3.05, 3.63) is 29.8 Å². The van der Waals surface area contributed by atoms with Gasteiger partial charge in [-0.2, -0.15) is 0 Å². The summed E-state index contributed by atoms with van der Waals surface area (Å²) in [6.45, 7) is 3.14. The zero-order chi connectivity index (χ0) is 13.5. The maximum Gasteiger partial charge on any atom is 0.0588 e. The summed E-state index contributed by atoms with van der Waals surface area (Å²) in [7, 11) is 0. The van der Waals surface area contributed by atoms with E-state index in [1.807, 2.05) is 0 Å². The molecule has 3 unspecified atom stereocenters. The van der Waals surface area contributed by atoms with Crippen LogP contribution in [0.3, 0.4) is 0 Å². The van der Waals surface area contributed by atoms with Gasteiger partial charge < -0.3 is 15.3 Å². The minimum Gasteiger partial charge on any atom is -0.393 e. The van der Waals surface area contributed by atoms with E-state index in [2.05, 4.69) is 34.5 Å². The quantitative estimate of drug-likeness (QED) is 0.881. The van der Waals surface area contributed by atoms with Crippen molar-refractivity contribution in [1.29, 1.82) is 0 Å². The number of para-hydroxylation sites is 1. The highest BCUT2D eigenvalue weighted by Gasteiger charge is 2.42. The van der Waals surface area contributed by atoms with E-state index >= 15 is 0 Å². The van der Waals surface area contributed by atoms with Crippen molar-refractivity contribution in [2.45, 2.75) is 44.4 Å². The number of nitrogens with zero attached hydrogens (tertiary/aromatic N) is 1. The highest BCUT2D eigenvalue weighted by Crippen LogP contribution is 2.40. The standard InChI is InChI=1S/C17H24N2O/c20-17-8-5-13-10-19(11-15(13)17)16-4-2-1-3-12(16)9-18-14-6-7-14/h1-4,13-15,17-18,20H,5-11H2. The van der Waals surface area contributed by atoms with Crippen molar-refractivity contribution in [3.8, 4) is 0 Å². The minimum absolute atomic E-state index is 0.0678. The summed E-state index contributed by atoms with van der Waals surface area (Å²) in [6, 6.07) is 9.52. The third-order valence-electron chi connectivity index (χ3n) is 5.31. The number of nitrogens with one attached hydrogen (secondary N) is 1. The Hall–Kier alpha value is -1.06. The van der Waals surface area contributed by atoms with Crippen molar-refractivity contribution in [1.82, 2.24) is 5.32 Å². The van der Waals surface area contributed by atoms with Gasteiger partial charge in [0, 0.05) is 37.3 Å². The van der Waals surface area contributed by atoms with Gasteiger partial charge in [0.05, 0.1) is 6.10 Å². The maximum absolute atomic E-state index is 10.1. The second-order valence-corrected chi connectivity index (χ2v) is 6.76. The van der Waals surface area contributed by atoms with Crippen LogP contribution < -0.4 is 10.2 Å². The predicted molar refractivity (Wildman–Crippen MR) is 80.7 cm³/mol. The molecule has 1 aromatic rings. The number of aliphatic hydroxyl groups excluding tert-OH is 1. The van der Waals surface area contributed by atoms with Crippen molar-refractivity contribution >= 4 is 5.69 Å². The van der Waals surface area contributed by atoms with Gasteiger partial charge in [-0.3, -0.25) is 0 Å². The molecule has 2 aliphatic carbocycles. The van der Waals surface area contributed by atoms with E-state index in [4.69, 9.17) is 0 Å². The molecular weight excluding hydrogens is 248 g/mol. The summed E-state index contributed by atoms with van der Waals surface area (Å²) in [4.78, 5) is 2.50. The van der Waals surface area contributed by atoms with Gasteiger partial charge in [-0.15, -0.1) is 0 Å². The Kier molecular flexibility index (Phi) is 3.20. The zero-order valence-corrected chi connectivity index (χ0v) is 12.0. The maximum atomic E-state index is 10.1. The van der Waals surface area contributed by atoms with Crippen molar-refractivity contribution in [2.75, 3.05) is 18.0 Å². The number of hydrogen-bond acceptors (Lipinski definition) is 3. The van der Waals surface area contributed by atoms with Crippen LogP contribution in [0.1, 0.15) is 31.2 Å². The van der Waals surface area contributed by atoms with Crippen LogP contribution in [0.4, 0.5) is 5.69 Å². The molecule has 3 nitrogen and oxygen atoms in total. The number of anilines is 1. The molecule has 1 heterocycles. The fourth-order valence-electron chi connectivity index (χ4n) is 3.94. The topological polar surface area (TPSA) is 35.5 Å². The van der Waals surface area contributed by atoms with Gasteiger partial charge in [0.25, 0.3) is 0 Å². The molecule has 1 aliphatic heterocycles. The lowest BCUT2D eigenvalue weighted by Gasteiger charge is -2.23. The molecule has 20 heavy (non-hydrogen) atoms. The molecule has 3 heteroatoms. The average Bonchev–Trinajstić information content (AvgIpc) is 3.10. The van der Waals surface area contributed by atoms with E-state index in [1.165, 1.54) is 30.5 Å². The summed E-state index contributed by atoms with van der Waals surface area (Å²) in [5.41, 5.74) is 2.79. The third kappa shape index (κ3) is 2.33. The van der Waals surface area contributed by atoms with Crippen LogP contribution in [0.5, 0.6) is 0 Å². The van der Waals surface area contributed by atoms with Gasteiger partial charge in [-0.05, 0) is 43.2 Å². The zero-order valence-electron chi connectivity index (χ0n) is 12.0. The largest absolute Gasteiger partial charge is 0.393 e. The Morgan fingerprint density at radius 2 is 1.95 bits per heavy atom. The first-order valence-electron chi connectivity index (χ1n) is 8.05. The SMILES string of the molecule is OC1CCC2CN(c3ccccc3CNC3CC3)CC12. The van der Waals surface area contributed by atoms with Gasteiger partial charge in [-0.25, -0.2) is 0 Å². The third-order valence-corrected chi connectivity index (χ3v) is 5.31. The molecule has 108 valence electrons. The highest BCUT2D eigenvalue weighted by molar-refractivity contribution is 5.54. The van der Waals surface area contributed by atoms with Crippen LogP contribution in [-0.2, 0) is 6.54 Å². The second kappa shape index (κ2) is 5.05. The second-order valence-electron chi connectivity index (χ2n) is 6.76. The molecule has 3 atom stereocenters. The van der Waals surface area contributed by atoms with Crippen LogP contribution in [-0.4, -0.2) is 30.3 Å². The van der Waals surface area contributed by atoms with E-state index in [1.54, 1.807) is 0 Å². The summed E-state index contributed by atoms with van der Waals surface area (Å²) >= 11 is 0. The molecule has 2 N–H and O–H groups in total. The van der Waals surface area contributed by atoms with Crippen LogP contribution in [0.2, 0.25) is 0 Å². The Morgan fingerprint density at radius 1 is 1.10 bits per heavy atom. The molecule has 2 saturated carbocycles. The average molecular weight is 272 g/mol.